The molecule has 1 atom stereocenters. The molecule has 0 bridgehead atoms. The van der Waals surface area contributed by atoms with Crippen molar-refractivity contribution in [3.8, 4) is 0 Å². The van der Waals surface area contributed by atoms with Gasteiger partial charge in [0.15, 0.2) is 0 Å². The van der Waals surface area contributed by atoms with Crippen molar-refractivity contribution in [2.75, 3.05) is 7.11 Å². The highest BCUT2D eigenvalue weighted by atomic mass is 32.2. The maximum absolute atomic E-state index is 13.0. The molecule has 1 aromatic carbocycles. The fraction of sp³-hybridized carbons (Fsp3) is 0.286. The molecule has 0 amide bonds. The number of hydrogen-bond acceptors (Lipinski definition) is 5. The van der Waals surface area contributed by atoms with Crippen LogP contribution < -0.4 is 0 Å². The van der Waals surface area contributed by atoms with E-state index in [9.17, 15) is 17.6 Å². The minimum Gasteiger partial charge on any atom is -0.468 e. The van der Waals surface area contributed by atoms with Crippen LogP contribution in [-0.2, 0) is 32.5 Å². The Kier molecular flexibility index (Phi) is 3.90. The number of halogens is 1. The van der Waals surface area contributed by atoms with Gasteiger partial charge < -0.3 is 9.72 Å². The van der Waals surface area contributed by atoms with Crippen LogP contribution >= 0.6 is 0 Å². The fourth-order valence-electron chi connectivity index (χ4n) is 2.54. The molecule has 7 nitrogen and oxygen atoms in total. The van der Waals surface area contributed by atoms with Gasteiger partial charge in [-0.25, -0.2) is 17.8 Å². The lowest BCUT2D eigenvalue weighted by Gasteiger charge is -2.32. The topological polar surface area (TPSA) is 92.4 Å². The molecule has 0 aliphatic carbocycles. The maximum Gasteiger partial charge on any atom is 0.324 e. The van der Waals surface area contributed by atoms with E-state index in [1.54, 1.807) is 0 Å². The lowest BCUT2D eigenvalue weighted by Crippen LogP contribution is -2.49. The van der Waals surface area contributed by atoms with Crippen LogP contribution in [0.4, 0.5) is 4.39 Å². The van der Waals surface area contributed by atoms with E-state index >= 15 is 0 Å². The van der Waals surface area contributed by atoms with Crippen molar-refractivity contribution in [3.05, 3.63) is 47.8 Å². The zero-order valence-corrected chi connectivity index (χ0v) is 13.0. The second kappa shape index (κ2) is 5.74. The van der Waals surface area contributed by atoms with Crippen LogP contribution in [0.25, 0.3) is 0 Å². The van der Waals surface area contributed by atoms with Crippen LogP contribution in [0.1, 0.15) is 11.4 Å². The van der Waals surface area contributed by atoms with Crippen molar-refractivity contribution >= 4 is 16.0 Å². The summed E-state index contributed by atoms with van der Waals surface area (Å²) in [6.07, 6.45) is 1.57. The predicted octanol–water partition coefficient (Wildman–Crippen LogP) is 0.837. The normalized spacial score (nSPS) is 18.4. The molecule has 2 heterocycles. The van der Waals surface area contributed by atoms with Crippen molar-refractivity contribution in [2.45, 2.75) is 23.9 Å². The van der Waals surface area contributed by atoms with E-state index in [-0.39, 0.29) is 17.9 Å². The van der Waals surface area contributed by atoms with E-state index in [0.29, 0.717) is 11.4 Å². The van der Waals surface area contributed by atoms with E-state index in [4.69, 9.17) is 4.74 Å². The number of esters is 1. The highest BCUT2D eigenvalue weighted by Gasteiger charge is 2.41. The minimum absolute atomic E-state index is 0.0329. The molecule has 122 valence electrons. The summed E-state index contributed by atoms with van der Waals surface area (Å²) in [5.41, 5.74) is 1.25. The average Bonchev–Trinajstić information content (AvgIpc) is 3.00. The molecule has 0 saturated heterocycles. The van der Waals surface area contributed by atoms with Crippen LogP contribution in [0.15, 0.2) is 35.5 Å². The Hall–Kier alpha value is -2.26. The zero-order chi connectivity index (χ0) is 16.6. The first-order chi connectivity index (χ1) is 10.9. The Labute approximate surface area is 132 Å². The van der Waals surface area contributed by atoms with Gasteiger partial charge >= 0.3 is 5.97 Å². The molecule has 1 aromatic heterocycles. The van der Waals surface area contributed by atoms with Gasteiger partial charge in [0.25, 0.3) is 0 Å². The van der Waals surface area contributed by atoms with Crippen molar-refractivity contribution in [1.82, 2.24) is 14.3 Å². The van der Waals surface area contributed by atoms with E-state index in [1.807, 2.05) is 0 Å². The molecule has 9 heteroatoms. The third-order valence-corrected chi connectivity index (χ3v) is 5.62. The number of nitrogens with zero attached hydrogens (tertiary/aromatic N) is 2. The summed E-state index contributed by atoms with van der Waals surface area (Å²) in [7, 11) is -2.79. The first kappa shape index (κ1) is 15.6. The van der Waals surface area contributed by atoms with Gasteiger partial charge in [0, 0.05) is 6.42 Å². The van der Waals surface area contributed by atoms with Gasteiger partial charge in [-0.1, -0.05) is 0 Å². The van der Waals surface area contributed by atoms with Gasteiger partial charge in [0.1, 0.15) is 11.9 Å². The Bertz CT molecular complexity index is 832. The molecule has 0 saturated carbocycles. The molecule has 1 unspecified atom stereocenters. The number of hydrogen-bond donors (Lipinski definition) is 1. The molecule has 0 spiro atoms. The SMILES string of the molecule is COC(=O)C1Cc2nc[nH]c2CN1S(=O)(=O)c1ccc(F)cc1. The van der Waals surface area contributed by atoms with Gasteiger partial charge in [0.2, 0.25) is 10.0 Å². The summed E-state index contributed by atoms with van der Waals surface area (Å²) >= 11 is 0. The summed E-state index contributed by atoms with van der Waals surface area (Å²) in [5.74, 6) is -1.20. The quantitative estimate of drug-likeness (QED) is 0.837. The van der Waals surface area contributed by atoms with Gasteiger partial charge in [-0.15, -0.1) is 0 Å². The standard InChI is InChI=1S/C14H14FN3O4S/c1-22-14(19)13-6-11-12(17-8-16-11)7-18(13)23(20,21)10-4-2-9(15)3-5-10/h2-5,8,13H,6-7H2,1H3,(H,16,17). The molecule has 1 N–H and O–H groups in total. The molecule has 0 fully saturated rings. The van der Waals surface area contributed by atoms with Crippen LogP contribution in [0.5, 0.6) is 0 Å². The van der Waals surface area contributed by atoms with Gasteiger partial charge in [-0.3, -0.25) is 4.79 Å². The lowest BCUT2D eigenvalue weighted by molar-refractivity contribution is -0.145. The van der Waals surface area contributed by atoms with Crippen LogP contribution in [-0.4, -0.2) is 41.8 Å². The number of benzene rings is 1. The first-order valence-corrected chi connectivity index (χ1v) is 8.24. The number of sulfonamides is 1. The molecular formula is C14H14FN3O4S. The number of H-pyrrole nitrogens is 1. The number of methoxy groups -OCH3 is 1. The highest BCUT2D eigenvalue weighted by Crippen LogP contribution is 2.28. The summed E-state index contributed by atoms with van der Waals surface area (Å²) in [4.78, 5) is 18.9. The van der Waals surface area contributed by atoms with E-state index in [2.05, 4.69) is 9.97 Å². The molecule has 1 aliphatic heterocycles. The van der Waals surface area contributed by atoms with Crippen molar-refractivity contribution in [3.63, 3.8) is 0 Å². The van der Waals surface area contributed by atoms with Crippen molar-refractivity contribution in [1.29, 1.82) is 0 Å². The Balaban J connectivity index is 2.04. The highest BCUT2D eigenvalue weighted by molar-refractivity contribution is 7.89. The monoisotopic (exact) mass is 339 g/mol. The third kappa shape index (κ3) is 2.73. The number of aromatic nitrogens is 2. The molecule has 23 heavy (non-hydrogen) atoms. The molecule has 1 aliphatic rings. The summed E-state index contributed by atoms with van der Waals surface area (Å²) in [6, 6.07) is 3.45. The number of carbonyl (C=O) groups excluding carboxylic acids is 1. The number of rotatable bonds is 3. The van der Waals surface area contributed by atoms with Gasteiger partial charge in [-0.05, 0) is 24.3 Å². The zero-order valence-electron chi connectivity index (χ0n) is 12.2. The summed E-state index contributed by atoms with van der Waals surface area (Å²) < 4.78 is 44.4. The van der Waals surface area contributed by atoms with Gasteiger partial charge in [0.05, 0.1) is 36.3 Å². The summed E-state index contributed by atoms with van der Waals surface area (Å²) in [6.45, 7) is -0.0329. The fourth-order valence-corrected chi connectivity index (χ4v) is 4.09. The minimum atomic E-state index is -3.99. The number of carbonyl (C=O) groups is 1. The molecule has 3 rings (SSSR count). The smallest absolute Gasteiger partial charge is 0.324 e. The maximum atomic E-state index is 13.0. The van der Waals surface area contributed by atoms with Crippen molar-refractivity contribution in [2.24, 2.45) is 0 Å². The number of imidazole rings is 1. The molecule has 0 radical (unpaired) electrons. The van der Waals surface area contributed by atoms with E-state index in [0.717, 1.165) is 16.4 Å². The second-order valence-corrected chi connectivity index (χ2v) is 6.97. The third-order valence-electron chi connectivity index (χ3n) is 3.75. The lowest BCUT2D eigenvalue weighted by atomic mass is 10.1. The second-order valence-electron chi connectivity index (χ2n) is 5.08. The number of fused-ring (bicyclic) bond motifs is 1. The van der Waals surface area contributed by atoms with E-state index in [1.165, 1.54) is 25.6 Å². The van der Waals surface area contributed by atoms with Crippen LogP contribution in [0.3, 0.4) is 0 Å². The average molecular weight is 339 g/mol. The first-order valence-electron chi connectivity index (χ1n) is 6.80. The largest absolute Gasteiger partial charge is 0.468 e. The number of aromatic amines is 1. The summed E-state index contributed by atoms with van der Waals surface area (Å²) in [5, 5.41) is 0. The van der Waals surface area contributed by atoms with Crippen LogP contribution in [0, 0.1) is 5.82 Å². The van der Waals surface area contributed by atoms with Gasteiger partial charge in [-0.2, -0.15) is 4.31 Å². The number of ether oxygens (including phenoxy) is 1. The molecular weight excluding hydrogens is 325 g/mol. The Morgan fingerprint density at radius 2 is 2.09 bits per heavy atom. The Morgan fingerprint density at radius 3 is 2.74 bits per heavy atom. The molecule has 2 aromatic rings. The number of nitrogens with one attached hydrogen (secondary N) is 1. The van der Waals surface area contributed by atoms with E-state index < -0.39 is 27.9 Å². The predicted molar refractivity (Wildman–Crippen MR) is 77.2 cm³/mol. The van der Waals surface area contributed by atoms with Crippen LogP contribution in [0.2, 0.25) is 0 Å². The van der Waals surface area contributed by atoms with Crippen molar-refractivity contribution < 1.29 is 22.3 Å². The Morgan fingerprint density at radius 1 is 1.39 bits per heavy atom.